The zero-order valence-corrected chi connectivity index (χ0v) is 11.6. The van der Waals surface area contributed by atoms with Crippen LogP contribution in [0.15, 0.2) is 18.2 Å². The summed E-state index contributed by atoms with van der Waals surface area (Å²) in [5.74, 6) is -1.20. The molecule has 3 rings (SSSR count). The topological polar surface area (TPSA) is 105 Å². The molecule has 1 aliphatic rings. The van der Waals surface area contributed by atoms with Crippen LogP contribution in [0.2, 0.25) is 0 Å². The lowest BCUT2D eigenvalue weighted by molar-refractivity contribution is -0.383. The predicted molar refractivity (Wildman–Crippen MR) is 77.5 cm³/mol. The molecule has 7 nitrogen and oxygen atoms in total. The predicted octanol–water partition coefficient (Wildman–Crippen LogP) is 2.98. The molecule has 0 amide bonds. The molecule has 0 unspecified atom stereocenters. The van der Waals surface area contributed by atoms with Crippen molar-refractivity contribution in [1.82, 2.24) is 4.98 Å². The zero-order valence-electron chi connectivity index (χ0n) is 10.8. The van der Waals surface area contributed by atoms with E-state index in [0.29, 0.717) is 5.13 Å². The van der Waals surface area contributed by atoms with Crippen LogP contribution in [0.4, 0.5) is 16.5 Å². The average Bonchev–Trinajstić information content (AvgIpc) is 2.99. The van der Waals surface area contributed by atoms with E-state index in [0.717, 1.165) is 31.0 Å². The van der Waals surface area contributed by atoms with E-state index in [4.69, 9.17) is 5.11 Å². The zero-order chi connectivity index (χ0) is 15.0. The van der Waals surface area contributed by atoms with Crippen LogP contribution in [0.1, 0.15) is 27.3 Å². The smallest absolute Gasteiger partial charge is 0.335 e. The second-order valence-electron chi connectivity index (χ2n) is 4.66. The van der Waals surface area contributed by atoms with Gasteiger partial charge in [-0.2, -0.15) is 0 Å². The molecular formula is C13H11N3O4S. The molecule has 0 saturated heterocycles. The summed E-state index contributed by atoms with van der Waals surface area (Å²) >= 11 is 1.49. The number of nitro groups is 1. The van der Waals surface area contributed by atoms with Gasteiger partial charge in [-0.1, -0.05) is 0 Å². The van der Waals surface area contributed by atoms with E-state index in [-0.39, 0.29) is 16.9 Å². The molecule has 0 atom stereocenters. The van der Waals surface area contributed by atoms with E-state index in [1.165, 1.54) is 28.3 Å². The normalized spacial score (nSPS) is 13.0. The fourth-order valence-corrected chi connectivity index (χ4v) is 3.34. The first kappa shape index (κ1) is 13.5. The number of nitrogens with zero attached hydrogens (tertiary/aromatic N) is 2. The number of carboxylic acid groups (broad SMARTS) is 1. The van der Waals surface area contributed by atoms with Gasteiger partial charge in [-0.25, -0.2) is 9.78 Å². The second-order valence-corrected chi connectivity index (χ2v) is 5.75. The molecule has 0 radical (unpaired) electrons. The number of hydrogen-bond acceptors (Lipinski definition) is 6. The number of benzene rings is 1. The van der Waals surface area contributed by atoms with Crippen molar-refractivity contribution in [3.05, 3.63) is 44.4 Å². The number of carbonyl (C=O) groups is 1. The molecule has 0 spiro atoms. The molecule has 1 aromatic heterocycles. The van der Waals surface area contributed by atoms with Crippen LogP contribution in [0.5, 0.6) is 0 Å². The van der Waals surface area contributed by atoms with Gasteiger partial charge < -0.3 is 10.4 Å². The third-order valence-electron chi connectivity index (χ3n) is 3.28. The van der Waals surface area contributed by atoms with Crippen LogP contribution in [0, 0.1) is 10.1 Å². The molecule has 0 saturated carbocycles. The maximum atomic E-state index is 11.1. The number of fused-ring (bicyclic) bond motifs is 1. The number of anilines is 2. The Kier molecular flexibility index (Phi) is 3.30. The Morgan fingerprint density at radius 2 is 2.24 bits per heavy atom. The molecule has 1 aliphatic carbocycles. The third kappa shape index (κ3) is 2.57. The van der Waals surface area contributed by atoms with Gasteiger partial charge in [0.25, 0.3) is 5.69 Å². The van der Waals surface area contributed by atoms with E-state index in [1.54, 1.807) is 0 Å². The SMILES string of the molecule is O=C(O)c1ccc(Nc2nc3c(s2)CCC3)c([N+](=O)[O-])c1. The molecular weight excluding hydrogens is 294 g/mol. The molecule has 0 bridgehead atoms. The van der Waals surface area contributed by atoms with E-state index < -0.39 is 10.9 Å². The Morgan fingerprint density at radius 1 is 1.43 bits per heavy atom. The van der Waals surface area contributed by atoms with Crippen LogP contribution in [0.3, 0.4) is 0 Å². The number of hydrogen-bond donors (Lipinski definition) is 2. The van der Waals surface area contributed by atoms with E-state index in [2.05, 4.69) is 10.3 Å². The second kappa shape index (κ2) is 5.13. The minimum Gasteiger partial charge on any atom is -0.478 e. The highest BCUT2D eigenvalue weighted by Gasteiger charge is 2.21. The van der Waals surface area contributed by atoms with Crippen LogP contribution in [0.25, 0.3) is 0 Å². The van der Waals surface area contributed by atoms with Gasteiger partial charge in [-0.05, 0) is 31.4 Å². The van der Waals surface area contributed by atoms with Crippen molar-refractivity contribution in [3.63, 3.8) is 0 Å². The van der Waals surface area contributed by atoms with Crippen LogP contribution >= 0.6 is 11.3 Å². The molecule has 1 aromatic carbocycles. The highest BCUT2D eigenvalue weighted by Crippen LogP contribution is 2.34. The minimum atomic E-state index is -1.20. The van der Waals surface area contributed by atoms with Crippen molar-refractivity contribution in [2.75, 3.05) is 5.32 Å². The molecule has 1 heterocycles. The van der Waals surface area contributed by atoms with Crippen molar-refractivity contribution in [2.24, 2.45) is 0 Å². The monoisotopic (exact) mass is 305 g/mol. The van der Waals surface area contributed by atoms with Crippen molar-refractivity contribution in [1.29, 1.82) is 0 Å². The molecule has 21 heavy (non-hydrogen) atoms. The molecule has 8 heteroatoms. The summed E-state index contributed by atoms with van der Waals surface area (Å²) in [6.45, 7) is 0. The lowest BCUT2D eigenvalue weighted by Gasteiger charge is -2.05. The lowest BCUT2D eigenvalue weighted by atomic mass is 10.2. The Morgan fingerprint density at radius 3 is 2.90 bits per heavy atom. The maximum absolute atomic E-state index is 11.1. The van der Waals surface area contributed by atoms with Gasteiger partial charge in [0.2, 0.25) is 0 Å². The summed E-state index contributed by atoms with van der Waals surface area (Å²) in [4.78, 5) is 27.0. The van der Waals surface area contributed by atoms with Crippen molar-refractivity contribution in [2.45, 2.75) is 19.3 Å². The highest BCUT2D eigenvalue weighted by molar-refractivity contribution is 7.15. The van der Waals surface area contributed by atoms with Gasteiger partial charge in [-0.3, -0.25) is 10.1 Å². The number of thiazole rings is 1. The minimum absolute atomic E-state index is 0.117. The number of nitro benzene ring substituents is 1. The Hall–Kier alpha value is -2.48. The van der Waals surface area contributed by atoms with Gasteiger partial charge in [0, 0.05) is 10.9 Å². The summed E-state index contributed by atoms with van der Waals surface area (Å²) in [6.07, 6.45) is 3.03. The van der Waals surface area contributed by atoms with Gasteiger partial charge in [0.15, 0.2) is 5.13 Å². The number of aryl methyl sites for hydroxylation is 2. The van der Waals surface area contributed by atoms with Gasteiger partial charge in [0.05, 0.1) is 16.2 Å². The fraction of sp³-hybridized carbons (Fsp3) is 0.231. The number of aromatic carboxylic acids is 1. The van der Waals surface area contributed by atoms with Gasteiger partial charge >= 0.3 is 5.97 Å². The summed E-state index contributed by atoms with van der Waals surface area (Å²) in [5, 5.41) is 23.5. The highest BCUT2D eigenvalue weighted by atomic mass is 32.1. The Labute approximate surface area is 123 Å². The number of carboxylic acids is 1. The molecule has 0 aliphatic heterocycles. The summed E-state index contributed by atoms with van der Waals surface area (Å²) < 4.78 is 0. The molecule has 2 aromatic rings. The first-order valence-electron chi connectivity index (χ1n) is 6.32. The Balaban J connectivity index is 1.93. The van der Waals surface area contributed by atoms with Crippen LogP contribution in [-0.2, 0) is 12.8 Å². The van der Waals surface area contributed by atoms with Gasteiger partial charge in [0.1, 0.15) is 5.69 Å². The Bertz CT molecular complexity index is 720. The summed E-state index contributed by atoms with van der Waals surface area (Å²) in [7, 11) is 0. The number of rotatable bonds is 4. The number of aromatic nitrogens is 1. The largest absolute Gasteiger partial charge is 0.478 e. The standard InChI is InChI=1S/C13H11N3O4S/c17-12(18)7-4-5-8(10(6-7)16(19)20)14-13-15-9-2-1-3-11(9)21-13/h4-6H,1-3H2,(H,14,15)(H,17,18). The van der Waals surface area contributed by atoms with E-state index in [9.17, 15) is 14.9 Å². The fourth-order valence-electron chi connectivity index (χ4n) is 2.28. The maximum Gasteiger partial charge on any atom is 0.335 e. The van der Waals surface area contributed by atoms with Crippen molar-refractivity contribution < 1.29 is 14.8 Å². The quantitative estimate of drug-likeness (QED) is 0.664. The van der Waals surface area contributed by atoms with Crippen molar-refractivity contribution in [3.8, 4) is 0 Å². The van der Waals surface area contributed by atoms with Crippen LogP contribution < -0.4 is 5.32 Å². The van der Waals surface area contributed by atoms with Crippen LogP contribution in [-0.4, -0.2) is 21.0 Å². The molecule has 2 N–H and O–H groups in total. The molecule has 0 fully saturated rings. The lowest BCUT2D eigenvalue weighted by Crippen LogP contribution is -2.01. The van der Waals surface area contributed by atoms with E-state index >= 15 is 0 Å². The van der Waals surface area contributed by atoms with Crippen molar-refractivity contribution >= 4 is 33.8 Å². The first-order chi connectivity index (χ1) is 10.0. The average molecular weight is 305 g/mol. The third-order valence-corrected chi connectivity index (χ3v) is 4.35. The first-order valence-corrected chi connectivity index (χ1v) is 7.13. The van der Waals surface area contributed by atoms with Gasteiger partial charge in [-0.15, -0.1) is 11.3 Å². The summed E-state index contributed by atoms with van der Waals surface area (Å²) in [5.41, 5.74) is 0.906. The van der Waals surface area contributed by atoms with E-state index in [1.807, 2.05) is 0 Å². The number of nitrogens with one attached hydrogen (secondary N) is 1. The molecule has 108 valence electrons. The summed E-state index contributed by atoms with van der Waals surface area (Å²) in [6, 6.07) is 3.78.